The van der Waals surface area contributed by atoms with Gasteiger partial charge in [0.05, 0.1) is 0 Å². The van der Waals surface area contributed by atoms with Crippen molar-refractivity contribution in [2.45, 2.75) is 51.4 Å². The number of hydrogen-bond acceptors (Lipinski definition) is 3. The summed E-state index contributed by atoms with van der Waals surface area (Å²) in [5.74, 6) is 1.00. The van der Waals surface area contributed by atoms with Gasteiger partial charge in [-0.15, -0.1) is 0 Å². The van der Waals surface area contributed by atoms with E-state index in [-0.39, 0.29) is 11.4 Å². The average molecular weight is 310 g/mol. The third kappa shape index (κ3) is 4.89. The lowest BCUT2D eigenvalue weighted by atomic mass is 10.1. The molecule has 1 aromatic carbocycles. The lowest BCUT2D eigenvalue weighted by Gasteiger charge is -2.35. The van der Waals surface area contributed by atoms with Gasteiger partial charge in [0.2, 0.25) is 0 Å². The summed E-state index contributed by atoms with van der Waals surface area (Å²) in [6, 6.07) is 5.20. The molecule has 1 saturated heterocycles. The van der Waals surface area contributed by atoms with Crippen LogP contribution in [0.1, 0.15) is 39.7 Å². The first kappa shape index (κ1) is 16.6. The molecule has 1 aromatic rings. The molecule has 0 amide bonds. The fraction of sp³-hybridized carbons (Fsp3) is 0.647. The van der Waals surface area contributed by atoms with Gasteiger partial charge >= 0.3 is 0 Å². The first-order valence-corrected chi connectivity index (χ1v) is 8.84. The van der Waals surface area contributed by atoms with E-state index in [1.165, 1.54) is 12.1 Å². The van der Waals surface area contributed by atoms with Crippen molar-refractivity contribution in [1.29, 1.82) is 0 Å². The topological polar surface area (TPSA) is 15.3 Å². The number of nitrogens with one attached hydrogen (secondary N) is 1. The molecule has 1 aliphatic rings. The van der Waals surface area contributed by atoms with Crippen molar-refractivity contribution < 1.29 is 4.39 Å². The third-order valence-electron chi connectivity index (χ3n) is 3.79. The first-order chi connectivity index (χ1) is 9.89. The molecule has 1 N–H and O–H groups in total. The summed E-state index contributed by atoms with van der Waals surface area (Å²) >= 11 is 2.06. The normalized spacial score (nSPS) is 19.9. The van der Waals surface area contributed by atoms with Crippen LogP contribution in [-0.2, 0) is 6.54 Å². The van der Waals surface area contributed by atoms with E-state index in [0.29, 0.717) is 11.8 Å². The SMILES string of the molecule is CCC1CN(c2ccc(F)cc2CNC(C)(C)C)CCS1. The maximum Gasteiger partial charge on any atom is 0.123 e. The molecule has 21 heavy (non-hydrogen) atoms. The molecular formula is C17H27FN2S. The molecule has 118 valence electrons. The van der Waals surface area contributed by atoms with Crippen molar-refractivity contribution in [3.8, 4) is 0 Å². The van der Waals surface area contributed by atoms with Crippen molar-refractivity contribution in [2.75, 3.05) is 23.7 Å². The van der Waals surface area contributed by atoms with Gasteiger partial charge in [-0.25, -0.2) is 4.39 Å². The molecule has 2 nitrogen and oxygen atoms in total. The zero-order valence-corrected chi connectivity index (χ0v) is 14.4. The van der Waals surface area contributed by atoms with Crippen LogP contribution in [0.3, 0.4) is 0 Å². The van der Waals surface area contributed by atoms with Crippen molar-refractivity contribution in [3.63, 3.8) is 0 Å². The zero-order chi connectivity index (χ0) is 15.5. The zero-order valence-electron chi connectivity index (χ0n) is 13.6. The Morgan fingerprint density at radius 1 is 1.38 bits per heavy atom. The van der Waals surface area contributed by atoms with Crippen molar-refractivity contribution >= 4 is 17.4 Å². The highest BCUT2D eigenvalue weighted by Gasteiger charge is 2.21. The summed E-state index contributed by atoms with van der Waals surface area (Å²) in [4.78, 5) is 2.42. The average Bonchev–Trinajstić information content (AvgIpc) is 2.44. The van der Waals surface area contributed by atoms with Gasteiger partial charge in [0.25, 0.3) is 0 Å². The molecule has 0 aliphatic carbocycles. The minimum Gasteiger partial charge on any atom is -0.369 e. The summed E-state index contributed by atoms with van der Waals surface area (Å²) in [6.07, 6.45) is 1.19. The Morgan fingerprint density at radius 2 is 2.14 bits per heavy atom. The van der Waals surface area contributed by atoms with Crippen LogP contribution in [0, 0.1) is 5.82 Å². The van der Waals surface area contributed by atoms with E-state index in [2.05, 4.69) is 49.7 Å². The Morgan fingerprint density at radius 3 is 2.81 bits per heavy atom. The van der Waals surface area contributed by atoms with Gasteiger partial charge in [-0.1, -0.05) is 6.92 Å². The fourth-order valence-electron chi connectivity index (χ4n) is 2.55. The predicted molar refractivity (Wildman–Crippen MR) is 91.7 cm³/mol. The highest BCUT2D eigenvalue weighted by Crippen LogP contribution is 2.29. The lowest BCUT2D eigenvalue weighted by molar-refractivity contribution is 0.423. The lowest BCUT2D eigenvalue weighted by Crippen LogP contribution is -2.39. The van der Waals surface area contributed by atoms with Gasteiger partial charge < -0.3 is 10.2 Å². The van der Waals surface area contributed by atoms with Crippen LogP contribution >= 0.6 is 11.8 Å². The Hall–Kier alpha value is -0.740. The highest BCUT2D eigenvalue weighted by atomic mass is 32.2. The second-order valence-corrected chi connectivity index (χ2v) is 8.13. The molecule has 0 radical (unpaired) electrons. The number of benzene rings is 1. The van der Waals surface area contributed by atoms with Gasteiger partial charge in [0, 0.05) is 41.9 Å². The van der Waals surface area contributed by atoms with Gasteiger partial charge in [0.15, 0.2) is 0 Å². The molecule has 4 heteroatoms. The Kier molecular flexibility index (Phi) is 5.55. The summed E-state index contributed by atoms with van der Waals surface area (Å²) in [6.45, 7) is 11.5. The van der Waals surface area contributed by atoms with Crippen molar-refractivity contribution in [2.24, 2.45) is 0 Å². The van der Waals surface area contributed by atoms with Gasteiger partial charge in [0.1, 0.15) is 5.82 Å². The molecule has 0 saturated carbocycles. The van der Waals surface area contributed by atoms with Crippen molar-refractivity contribution in [1.82, 2.24) is 5.32 Å². The molecular weight excluding hydrogens is 283 g/mol. The third-order valence-corrected chi connectivity index (χ3v) is 5.16. The predicted octanol–water partition coefficient (Wildman–Crippen LogP) is 4.05. The van der Waals surface area contributed by atoms with Gasteiger partial charge in [-0.05, 0) is 51.0 Å². The second kappa shape index (κ2) is 7.01. The molecule has 0 aromatic heterocycles. The van der Waals surface area contributed by atoms with E-state index in [4.69, 9.17) is 0 Å². The summed E-state index contributed by atoms with van der Waals surface area (Å²) in [5, 5.41) is 4.16. The number of hydrogen-bond donors (Lipinski definition) is 1. The van der Waals surface area contributed by atoms with Crippen LogP contribution in [0.15, 0.2) is 18.2 Å². The maximum absolute atomic E-state index is 13.6. The van der Waals surface area contributed by atoms with Crippen LogP contribution in [0.4, 0.5) is 10.1 Å². The molecule has 1 atom stereocenters. The monoisotopic (exact) mass is 310 g/mol. The smallest absolute Gasteiger partial charge is 0.123 e. The molecule has 0 spiro atoms. The van der Waals surface area contributed by atoms with E-state index < -0.39 is 0 Å². The molecule has 1 unspecified atom stereocenters. The van der Waals surface area contributed by atoms with Crippen LogP contribution in [0.2, 0.25) is 0 Å². The van der Waals surface area contributed by atoms with Crippen LogP contribution in [-0.4, -0.2) is 29.6 Å². The molecule has 1 heterocycles. The second-order valence-electron chi connectivity index (χ2n) is 6.72. The molecule has 1 fully saturated rings. The van der Waals surface area contributed by atoms with Crippen LogP contribution in [0.5, 0.6) is 0 Å². The molecule has 0 bridgehead atoms. The van der Waals surface area contributed by atoms with E-state index in [9.17, 15) is 4.39 Å². The van der Waals surface area contributed by atoms with Crippen LogP contribution < -0.4 is 10.2 Å². The van der Waals surface area contributed by atoms with E-state index in [1.54, 1.807) is 12.1 Å². The molecule has 2 rings (SSSR count). The summed E-state index contributed by atoms with van der Waals surface area (Å²) in [7, 11) is 0. The van der Waals surface area contributed by atoms with Gasteiger partial charge in [-0.2, -0.15) is 11.8 Å². The minimum absolute atomic E-state index is 0.0350. The van der Waals surface area contributed by atoms with E-state index in [0.717, 1.165) is 24.4 Å². The number of halogens is 1. The highest BCUT2D eigenvalue weighted by molar-refractivity contribution is 8.00. The van der Waals surface area contributed by atoms with Crippen molar-refractivity contribution in [3.05, 3.63) is 29.6 Å². The number of nitrogens with zero attached hydrogens (tertiary/aromatic N) is 1. The van der Waals surface area contributed by atoms with E-state index in [1.807, 2.05) is 6.07 Å². The number of rotatable bonds is 4. The number of thioether (sulfide) groups is 1. The Labute approximate surface area is 132 Å². The quantitative estimate of drug-likeness (QED) is 0.903. The first-order valence-electron chi connectivity index (χ1n) is 7.79. The minimum atomic E-state index is -0.150. The van der Waals surface area contributed by atoms with Gasteiger partial charge in [-0.3, -0.25) is 0 Å². The molecule has 1 aliphatic heterocycles. The summed E-state index contributed by atoms with van der Waals surface area (Å²) < 4.78 is 13.6. The maximum atomic E-state index is 13.6. The van der Waals surface area contributed by atoms with Crippen LogP contribution in [0.25, 0.3) is 0 Å². The van der Waals surface area contributed by atoms with E-state index >= 15 is 0 Å². The number of anilines is 1. The largest absolute Gasteiger partial charge is 0.369 e. The standard InChI is InChI=1S/C17H27FN2S/c1-5-15-12-20(8-9-21-15)16-7-6-14(18)10-13(16)11-19-17(2,3)4/h6-7,10,15,19H,5,8-9,11-12H2,1-4H3. The fourth-order valence-corrected chi connectivity index (χ4v) is 3.73. The Bertz CT molecular complexity index is 470. The Balaban J connectivity index is 2.17. The summed E-state index contributed by atoms with van der Waals surface area (Å²) in [5.41, 5.74) is 2.28.